The molecule has 1 rings (SSSR count). The summed E-state index contributed by atoms with van der Waals surface area (Å²) >= 11 is 1.73. The van der Waals surface area contributed by atoms with E-state index in [1.54, 1.807) is 11.3 Å². The number of aromatic nitrogens is 1. The fraction of sp³-hybridized carbons (Fsp3) is 0.250. The van der Waals surface area contributed by atoms with E-state index in [0.29, 0.717) is 0 Å². The van der Waals surface area contributed by atoms with E-state index in [2.05, 4.69) is 11.9 Å². The van der Waals surface area contributed by atoms with Crippen LogP contribution >= 0.6 is 11.3 Å². The zero-order valence-electron chi connectivity index (χ0n) is 4.43. The molecule has 1 aromatic rings. The van der Waals surface area contributed by atoms with Crippen LogP contribution < -0.4 is 4.91 Å². The van der Waals surface area contributed by atoms with Crippen molar-refractivity contribution in [1.29, 1.82) is 0 Å². The Kier molecular flexibility index (Phi) is 1.15. The van der Waals surface area contributed by atoms with Crippen LogP contribution in [0.25, 0.3) is 0 Å². The molecular weight excluding hydrogens is 105 g/mol. The number of aryl methyl sites for hydroxylation is 1. The fourth-order valence-electron chi connectivity index (χ4n) is 0.467. The third kappa shape index (κ3) is 1.03. The molecule has 0 aromatic carbocycles. The van der Waals surface area contributed by atoms with Crippen LogP contribution in [0.3, 0.4) is 0 Å². The minimum absolute atomic E-state index is 1.15. The topological polar surface area (TPSA) is 12.9 Å². The Bertz CT molecular complexity index is 144. The molecule has 0 fully saturated rings. The number of rotatable bonds is 0. The van der Waals surface area contributed by atoms with Crippen molar-refractivity contribution in [2.45, 2.75) is 6.92 Å². The Morgan fingerprint density at radius 3 is 2.71 bits per heavy atom. The number of nitrogens with zero attached hydrogens (tertiary/aromatic N) is 1. The van der Waals surface area contributed by atoms with Crippen LogP contribution in [0.5, 0.6) is 0 Å². The molecule has 0 saturated carbocycles. The zero-order chi connectivity index (χ0) is 5.28. The van der Waals surface area contributed by atoms with Gasteiger partial charge in [-0.25, -0.2) is 0 Å². The molecule has 0 atom stereocenters. The fourth-order valence-corrected chi connectivity index (χ4v) is 1.14. The first-order valence-corrected chi connectivity index (χ1v) is 3.00. The lowest BCUT2D eigenvalue weighted by atomic mass is 10.2. The summed E-state index contributed by atoms with van der Waals surface area (Å²) < 4.78 is 0. The van der Waals surface area contributed by atoms with Crippen molar-refractivity contribution in [2.75, 3.05) is 0 Å². The maximum Gasteiger partial charge on any atom is 0.177 e. The summed E-state index contributed by atoms with van der Waals surface area (Å²) in [6.45, 7) is 2.06. The van der Waals surface area contributed by atoms with Gasteiger partial charge in [-0.3, -0.25) is 4.98 Å². The largest absolute Gasteiger partial charge is 0.261 e. The van der Waals surface area contributed by atoms with Gasteiger partial charge in [0.05, 0.1) is 0 Å². The van der Waals surface area contributed by atoms with E-state index in [9.17, 15) is 0 Å². The Morgan fingerprint density at radius 2 is 2.57 bits per heavy atom. The van der Waals surface area contributed by atoms with E-state index in [1.807, 2.05) is 14.0 Å². The normalized spacial score (nSPS) is 9.29. The highest BCUT2D eigenvalue weighted by Crippen LogP contribution is 1.96. The Labute approximate surface area is 47.8 Å². The van der Waals surface area contributed by atoms with Gasteiger partial charge in [-0.1, -0.05) is 0 Å². The molecule has 0 amide bonds. The summed E-state index contributed by atoms with van der Waals surface area (Å²) in [6.07, 6.45) is 1.89. The molecule has 0 aliphatic rings. The van der Waals surface area contributed by atoms with Crippen LogP contribution in [0.4, 0.5) is 0 Å². The summed E-state index contributed by atoms with van der Waals surface area (Å²) in [5.74, 6) is 0. The lowest BCUT2D eigenvalue weighted by Gasteiger charge is -1.68. The molecule has 3 heteroatoms. The van der Waals surface area contributed by atoms with Crippen molar-refractivity contribution in [2.24, 2.45) is 0 Å². The van der Waals surface area contributed by atoms with Crippen molar-refractivity contribution < 1.29 is 0 Å². The van der Waals surface area contributed by atoms with Gasteiger partial charge in [0.15, 0.2) is 7.85 Å². The third-order valence-corrected chi connectivity index (χ3v) is 1.57. The summed E-state index contributed by atoms with van der Waals surface area (Å²) in [5, 5.41) is 0. The summed E-state index contributed by atoms with van der Waals surface area (Å²) in [5.41, 5.74) is 0. The smallest absolute Gasteiger partial charge is 0.177 e. The van der Waals surface area contributed by atoms with Crippen molar-refractivity contribution in [3.05, 3.63) is 11.1 Å². The Balaban J connectivity index is 3.04. The van der Waals surface area contributed by atoms with Crippen LogP contribution in [0.15, 0.2) is 6.20 Å². The first-order chi connectivity index (χ1) is 3.29. The van der Waals surface area contributed by atoms with E-state index < -0.39 is 0 Å². The number of thiazole rings is 1. The van der Waals surface area contributed by atoms with Gasteiger partial charge in [-0.05, 0) is 6.92 Å². The van der Waals surface area contributed by atoms with Gasteiger partial charge in [-0.15, -0.1) is 11.3 Å². The molecule has 1 nitrogen and oxygen atoms in total. The average Bonchev–Trinajstić information content (AvgIpc) is 1.87. The molecule has 0 N–H and O–H groups in total. The second kappa shape index (κ2) is 1.66. The van der Waals surface area contributed by atoms with Gasteiger partial charge in [0, 0.05) is 16.0 Å². The molecule has 0 spiro atoms. The molecule has 0 aliphatic heterocycles. The van der Waals surface area contributed by atoms with Crippen LogP contribution in [-0.2, 0) is 0 Å². The predicted octanol–water partition coefficient (Wildman–Crippen LogP) is -0.290. The molecule has 0 saturated heterocycles. The predicted molar refractivity (Wildman–Crippen MR) is 35.0 cm³/mol. The van der Waals surface area contributed by atoms with Crippen LogP contribution in [0.1, 0.15) is 4.88 Å². The molecule has 0 aliphatic carbocycles. The van der Waals surface area contributed by atoms with Gasteiger partial charge in [0.25, 0.3) is 0 Å². The quantitative estimate of drug-likeness (QED) is 0.419. The molecule has 0 bridgehead atoms. The summed E-state index contributed by atoms with van der Waals surface area (Å²) in [4.78, 5) is 6.47. The van der Waals surface area contributed by atoms with E-state index in [4.69, 9.17) is 0 Å². The summed E-state index contributed by atoms with van der Waals surface area (Å²) in [6, 6.07) is 0. The van der Waals surface area contributed by atoms with Gasteiger partial charge in [0.1, 0.15) is 0 Å². The van der Waals surface area contributed by atoms with Crippen LogP contribution in [0, 0.1) is 6.92 Å². The van der Waals surface area contributed by atoms with E-state index >= 15 is 0 Å². The maximum atomic E-state index is 4.03. The molecular formula is C4H6BNS. The molecule has 0 radical (unpaired) electrons. The highest BCUT2D eigenvalue weighted by atomic mass is 32.1. The standard InChI is InChI=1S/C4H6BNS/c1-3-2-6-4(5)7-3/h2H,5H2,1H3. The highest BCUT2D eigenvalue weighted by molar-refractivity contribution is 7.19. The molecule has 36 valence electrons. The van der Waals surface area contributed by atoms with E-state index in [-0.39, 0.29) is 0 Å². The second-order valence-electron chi connectivity index (χ2n) is 1.49. The SMILES string of the molecule is Bc1ncc(C)s1. The van der Waals surface area contributed by atoms with E-state index in [0.717, 1.165) is 4.91 Å². The van der Waals surface area contributed by atoms with Gasteiger partial charge >= 0.3 is 0 Å². The Morgan fingerprint density at radius 1 is 1.86 bits per heavy atom. The lowest BCUT2D eigenvalue weighted by Crippen LogP contribution is -1.95. The van der Waals surface area contributed by atoms with Crippen molar-refractivity contribution >= 4 is 24.1 Å². The zero-order valence-corrected chi connectivity index (χ0v) is 5.25. The highest BCUT2D eigenvalue weighted by Gasteiger charge is 1.86. The number of hydrogen-bond donors (Lipinski definition) is 0. The van der Waals surface area contributed by atoms with Gasteiger partial charge < -0.3 is 0 Å². The van der Waals surface area contributed by atoms with Gasteiger partial charge in [0.2, 0.25) is 0 Å². The van der Waals surface area contributed by atoms with Crippen LogP contribution in [-0.4, -0.2) is 12.8 Å². The van der Waals surface area contributed by atoms with E-state index in [1.165, 1.54) is 4.88 Å². The van der Waals surface area contributed by atoms with Crippen molar-refractivity contribution in [3.63, 3.8) is 0 Å². The molecule has 1 heterocycles. The monoisotopic (exact) mass is 111 g/mol. The third-order valence-electron chi connectivity index (χ3n) is 0.737. The van der Waals surface area contributed by atoms with Crippen molar-refractivity contribution in [1.82, 2.24) is 4.98 Å². The van der Waals surface area contributed by atoms with Crippen LogP contribution in [0.2, 0.25) is 0 Å². The lowest BCUT2D eigenvalue weighted by molar-refractivity contribution is 1.42. The van der Waals surface area contributed by atoms with Gasteiger partial charge in [-0.2, -0.15) is 0 Å². The summed E-state index contributed by atoms with van der Waals surface area (Å²) in [7, 11) is 2.01. The minimum atomic E-state index is 1.15. The molecule has 1 aromatic heterocycles. The Hall–Kier alpha value is -0.305. The average molecular weight is 111 g/mol. The minimum Gasteiger partial charge on any atom is -0.261 e. The number of hydrogen-bond acceptors (Lipinski definition) is 2. The molecule has 7 heavy (non-hydrogen) atoms. The second-order valence-corrected chi connectivity index (χ2v) is 2.93. The van der Waals surface area contributed by atoms with Crippen molar-refractivity contribution in [3.8, 4) is 0 Å². The first-order valence-electron chi connectivity index (χ1n) is 2.18. The first kappa shape index (κ1) is 4.84. The molecule has 0 unspecified atom stereocenters. The maximum absolute atomic E-state index is 4.03.